The predicted molar refractivity (Wildman–Crippen MR) is 225 cm³/mol. The molecule has 13 nitrogen and oxygen atoms in total. The van der Waals surface area contributed by atoms with Crippen molar-refractivity contribution in [3.63, 3.8) is 0 Å². The number of ether oxygens (including phenoxy) is 5. The lowest BCUT2D eigenvalue weighted by Crippen LogP contribution is -2.60. The van der Waals surface area contributed by atoms with Crippen LogP contribution < -0.4 is 14.8 Å². The number of phenols is 1. The van der Waals surface area contributed by atoms with Gasteiger partial charge in [-0.2, -0.15) is 0 Å². The summed E-state index contributed by atoms with van der Waals surface area (Å²) in [6.45, 7) is 0.459. The van der Waals surface area contributed by atoms with E-state index in [1.807, 2.05) is 43.6 Å². The first-order valence-corrected chi connectivity index (χ1v) is 20.9. The van der Waals surface area contributed by atoms with Crippen molar-refractivity contribution in [2.24, 2.45) is 0 Å². The molecule has 5 aromatic rings. The molecule has 4 aliphatic heterocycles. The fourth-order valence-electron chi connectivity index (χ4n) is 9.83. The fraction of sp³-hybridized carbons (Fsp3) is 0.375. The number of carbonyl (C=O) groups is 2. The highest BCUT2D eigenvalue weighted by molar-refractivity contribution is 6.11. The van der Waals surface area contributed by atoms with Gasteiger partial charge in [-0.15, -0.1) is 0 Å². The van der Waals surface area contributed by atoms with Crippen LogP contribution in [0.15, 0.2) is 60.8 Å². The average molecular weight is 826 g/mol. The third-order valence-corrected chi connectivity index (χ3v) is 12.9. The van der Waals surface area contributed by atoms with Crippen molar-refractivity contribution in [1.82, 2.24) is 15.2 Å². The maximum absolute atomic E-state index is 14.8. The molecule has 13 heteroatoms. The van der Waals surface area contributed by atoms with Gasteiger partial charge in [-0.05, 0) is 89.9 Å². The average Bonchev–Trinajstić information content (AvgIpc) is 4.01. The molecule has 1 saturated heterocycles. The van der Waals surface area contributed by atoms with Crippen molar-refractivity contribution in [3.8, 4) is 29.3 Å². The van der Waals surface area contributed by atoms with Crippen molar-refractivity contribution in [2.45, 2.75) is 87.9 Å². The minimum Gasteiger partial charge on any atom is -0.506 e. The molecule has 1 saturated carbocycles. The van der Waals surface area contributed by atoms with Gasteiger partial charge in [-0.1, -0.05) is 43.0 Å². The summed E-state index contributed by atoms with van der Waals surface area (Å²) in [6.07, 6.45) is 4.48. The zero-order valence-electron chi connectivity index (χ0n) is 33.9. The maximum atomic E-state index is 14.8. The highest BCUT2D eigenvalue weighted by atomic mass is 16.7. The number of ketones is 1. The first-order chi connectivity index (χ1) is 29.7. The number of nitrogens with zero attached hydrogens (tertiary/aromatic N) is 1. The van der Waals surface area contributed by atoms with Gasteiger partial charge in [-0.25, -0.2) is 0 Å². The second-order valence-corrected chi connectivity index (χ2v) is 16.6. The number of phenolic OH excluding ortho intramolecular Hbond substituents is 1. The van der Waals surface area contributed by atoms with Gasteiger partial charge < -0.3 is 54.2 Å². The molecule has 1 amide bonds. The van der Waals surface area contributed by atoms with Crippen LogP contribution in [0.1, 0.15) is 91.8 Å². The van der Waals surface area contributed by atoms with Crippen LogP contribution in [-0.4, -0.2) is 94.9 Å². The van der Waals surface area contributed by atoms with Gasteiger partial charge in [0.2, 0.25) is 6.29 Å². The highest BCUT2D eigenvalue weighted by Crippen LogP contribution is 2.49. The molecule has 61 heavy (non-hydrogen) atoms. The number of aliphatic hydroxyl groups is 2. The minimum atomic E-state index is -1.58. The Labute approximate surface area is 352 Å². The van der Waals surface area contributed by atoms with E-state index in [4.69, 9.17) is 23.7 Å². The number of aromatic hydroxyl groups is 1. The van der Waals surface area contributed by atoms with Crippen molar-refractivity contribution in [1.29, 1.82) is 0 Å². The number of nitrogens with one attached hydrogen (secondary N) is 2. The molecular weight excluding hydrogens is 779 g/mol. The Balaban J connectivity index is 1.20. The van der Waals surface area contributed by atoms with Crippen LogP contribution in [0, 0.1) is 12.0 Å². The molecule has 5 aliphatic rings. The summed E-state index contributed by atoms with van der Waals surface area (Å²) < 4.78 is 31.7. The monoisotopic (exact) mass is 825 g/mol. The van der Waals surface area contributed by atoms with Gasteiger partial charge in [-0.3, -0.25) is 9.59 Å². The van der Waals surface area contributed by atoms with E-state index in [-0.39, 0.29) is 60.4 Å². The number of fused-ring (bicyclic) bond motifs is 5. The van der Waals surface area contributed by atoms with Crippen LogP contribution >= 0.6 is 0 Å². The molecule has 6 atom stereocenters. The number of aromatic amines is 1. The number of rotatable bonds is 5. The number of methoxy groups -OCH3 is 1. The standard InChI is InChI=1S/C48H47N3O10/c1-49-20-25-12-14-35-32(17-25)33(21-50-35)37-15-13-30-38(57-2)19-28-18-31(26-7-3-4-8-26)41-36(52)23-51-22-34-27(9-5-11-29(34)47(51)56)10-6-16-58-46-42(53)39(24-59-37)60-48(44(46)55)61-45(30)40(28)43(41)54/h5,9,11-15,17-19,21,26,37,39,42,44,46,48-50,53-55H,3-4,7-8,10,20,22-24H2,1-2H3/b15-13+/t37-,39-,42-,44-,46+,48-/m1/s1. The summed E-state index contributed by atoms with van der Waals surface area (Å²) in [7, 11) is 3.43. The van der Waals surface area contributed by atoms with Crippen LogP contribution in [0.4, 0.5) is 0 Å². The number of hydrogen-bond acceptors (Lipinski definition) is 11. The van der Waals surface area contributed by atoms with E-state index in [2.05, 4.69) is 28.4 Å². The third-order valence-electron chi connectivity index (χ3n) is 12.9. The van der Waals surface area contributed by atoms with Gasteiger partial charge in [0.15, 0.2) is 18.0 Å². The summed E-state index contributed by atoms with van der Waals surface area (Å²) in [6, 6.07) is 15.3. The van der Waals surface area contributed by atoms with Crippen LogP contribution in [0.5, 0.6) is 17.2 Å². The Morgan fingerprint density at radius 3 is 2.70 bits per heavy atom. The second-order valence-electron chi connectivity index (χ2n) is 16.6. The highest BCUT2D eigenvalue weighted by Gasteiger charge is 2.48. The normalized spacial score (nSPS) is 25.6. The van der Waals surface area contributed by atoms with Gasteiger partial charge in [0.25, 0.3) is 5.91 Å². The fourth-order valence-corrected chi connectivity index (χ4v) is 9.83. The second kappa shape index (κ2) is 15.9. The zero-order chi connectivity index (χ0) is 41.9. The number of Topliss-reactive ketones (excluding diaryl/α,β-unsaturated/α-hetero) is 1. The minimum absolute atomic E-state index is 0.000775. The summed E-state index contributed by atoms with van der Waals surface area (Å²) in [5, 5.41) is 41.3. The predicted octanol–water partition coefficient (Wildman–Crippen LogP) is 5.76. The van der Waals surface area contributed by atoms with E-state index >= 15 is 0 Å². The van der Waals surface area contributed by atoms with E-state index in [9.17, 15) is 24.9 Å². The zero-order valence-corrected chi connectivity index (χ0v) is 33.9. The maximum Gasteiger partial charge on any atom is 0.254 e. The number of benzene rings is 4. The van der Waals surface area contributed by atoms with Crippen molar-refractivity contribution in [2.75, 3.05) is 27.3 Å². The number of H-pyrrole nitrogens is 1. The molecule has 1 aromatic heterocycles. The van der Waals surface area contributed by atoms with E-state index in [1.54, 1.807) is 24.3 Å². The van der Waals surface area contributed by atoms with Gasteiger partial charge in [0, 0.05) is 47.7 Å². The molecule has 314 valence electrons. The van der Waals surface area contributed by atoms with Crippen LogP contribution in [0.25, 0.3) is 27.8 Å². The topological polar surface area (TPSA) is 172 Å². The van der Waals surface area contributed by atoms with E-state index in [0.29, 0.717) is 34.4 Å². The van der Waals surface area contributed by atoms with Crippen molar-refractivity contribution < 1.29 is 48.6 Å². The largest absolute Gasteiger partial charge is 0.506 e. The van der Waals surface area contributed by atoms with Crippen molar-refractivity contribution >= 4 is 39.4 Å². The molecule has 8 bridgehead atoms. The van der Waals surface area contributed by atoms with Crippen LogP contribution in [0.2, 0.25) is 0 Å². The Bertz CT molecular complexity index is 2670. The lowest BCUT2D eigenvalue weighted by molar-refractivity contribution is -0.279. The van der Waals surface area contributed by atoms with Gasteiger partial charge in [0.05, 0.1) is 36.8 Å². The van der Waals surface area contributed by atoms with E-state index in [1.165, 1.54) is 12.0 Å². The molecule has 5 N–H and O–H groups in total. The quantitative estimate of drug-likeness (QED) is 0.137. The SMILES string of the molecule is CNCc1ccc2[nH]cc([C@H]3/C=C/c4c(OC)cc5cc(C6CCCC6)c6c(O)c5c4O[C@H]4O[C@H](CO3)[C@@H](O)[C@H](OC#CCc3cccc5c3CN(CC6=O)C5=O)[C@H]4O)c2c1. The number of aliphatic hydroxyl groups excluding tert-OH is 2. The van der Waals surface area contributed by atoms with Crippen LogP contribution in [-0.2, 0) is 33.7 Å². The summed E-state index contributed by atoms with van der Waals surface area (Å²) in [5.74, 6) is 2.48. The lowest BCUT2D eigenvalue weighted by Gasteiger charge is -2.41. The molecule has 0 unspecified atom stereocenters. The summed E-state index contributed by atoms with van der Waals surface area (Å²) in [4.78, 5) is 33.5. The molecular formula is C48H47N3O10. The molecule has 0 radical (unpaired) electrons. The smallest absolute Gasteiger partial charge is 0.254 e. The summed E-state index contributed by atoms with van der Waals surface area (Å²) in [5.41, 5.74) is 6.04. The van der Waals surface area contributed by atoms with E-state index < -0.39 is 42.6 Å². The molecule has 4 aromatic carbocycles. The van der Waals surface area contributed by atoms with Gasteiger partial charge in [0.1, 0.15) is 41.7 Å². The number of carbonyl (C=O) groups excluding carboxylic acids is 2. The molecule has 2 fully saturated rings. The number of amides is 1. The Morgan fingerprint density at radius 1 is 1.03 bits per heavy atom. The van der Waals surface area contributed by atoms with Crippen molar-refractivity contribution in [3.05, 3.63) is 105 Å². The Kier molecular flexibility index (Phi) is 10.2. The first kappa shape index (κ1) is 39.3. The summed E-state index contributed by atoms with van der Waals surface area (Å²) >= 11 is 0. The third kappa shape index (κ3) is 6.79. The Morgan fingerprint density at radius 2 is 1.89 bits per heavy atom. The number of hydrogen-bond donors (Lipinski definition) is 5. The van der Waals surface area contributed by atoms with E-state index in [0.717, 1.165) is 58.8 Å². The molecule has 1 aliphatic carbocycles. The Hall–Kier alpha value is -5.88. The van der Waals surface area contributed by atoms with Crippen LogP contribution in [0.3, 0.4) is 0 Å². The number of aromatic nitrogens is 1. The molecule has 0 spiro atoms. The lowest BCUT2D eigenvalue weighted by atomic mass is 9.86. The van der Waals surface area contributed by atoms with Gasteiger partial charge >= 0.3 is 0 Å². The first-order valence-electron chi connectivity index (χ1n) is 20.9. The molecule has 5 heterocycles. The molecule has 10 rings (SSSR count).